The normalized spacial score (nSPS) is 11.8. The molecule has 7 nitrogen and oxygen atoms in total. The van der Waals surface area contributed by atoms with Gasteiger partial charge >= 0.3 is 0 Å². The van der Waals surface area contributed by atoms with E-state index in [4.69, 9.17) is 5.84 Å². The Labute approximate surface area is 207 Å². The topological polar surface area (TPSA) is 109 Å². The van der Waals surface area contributed by atoms with Crippen molar-refractivity contribution in [2.75, 3.05) is 5.43 Å². The highest BCUT2D eigenvalue weighted by atomic mass is 19.1. The molecule has 0 atom stereocenters. The largest absolute Gasteiger partial charge is 0.324 e. The molecular weight excluding hydrogens is 443 g/mol. The molecule has 0 saturated carbocycles. The highest BCUT2D eigenvalue weighted by Crippen LogP contribution is 2.25. The fourth-order valence-electron chi connectivity index (χ4n) is 2.86. The van der Waals surface area contributed by atoms with Gasteiger partial charge in [-0.15, -0.1) is 0 Å². The van der Waals surface area contributed by atoms with E-state index in [0.29, 0.717) is 23.4 Å². The van der Waals surface area contributed by atoms with Crippen LogP contribution in [0, 0.1) is 0 Å². The van der Waals surface area contributed by atoms with Gasteiger partial charge in [0.25, 0.3) is 5.91 Å². The summed E-state index contributed by atoms with van der Waals surface area (Å²) in [5.74, 6) is 5.51. The third-order valence-corrected chi connectivity index (χ3v) is 4.52. The molecule has 5 N–H and O–H groups in total. The van der Waals surface area contributed by atoms with Crippen molar-refractivity contribution in [2.24, 2.45) is 5.84 Å². The second-order valence-corrected chi connectivity index (χ2v) is 7.08. The van der Waals surface area contributed by atoms with Crippen LogP contribution >= 0.6 is 0 Å². The Hall–Kier alpha value is -4.04. The lowest BCUT2D eigenvalue weighted by Crippen LogP contribution is -2.22. The minimum absolute atomic E-state index is 0.271. The van der Waals surface area contributed by atoms with Gasteiger partial charge in [-0.25, -0.2) is 9.37 Å². The molecule has 186 valence electrons. The maximum absolute atomic E-state index is 13.3. The van der Waals surface area contributed by atoms with E-state index in [2.05, 4.69) is 39.1 Å². The highest BCUT2D eigenvalue weighted by Gasteiger charge is 2.11. The number of H-pyrrole nitrogens is 1. The number of aromatic nitrogens is 3. The van der Waals surface area contributed by atoms with Crippen molar-refractivity contribution in [1.29, 1.82) is 0 Å². The second kappa shape index (κ2) is 15.7. The van der Waals surface area contributed by atoms with E-state index in [-0.39, 0.29) is 11.6 Å². The van der Waals surface area contributed by atoms with Gasteiger partial charge in [-0.1, -0.05) is 52.2 Å². The van der Waals surface area contributed by atoms with Crippen molar-refractivity contribution in [3.63, 3.8) is 0 Å². The number of aromatic amines is 1. The van der Waals surface area contributed by atoms with Crippen molar-refractivity contribution in [1.82, 2.24) is 20.5 Å². The molecule has 0 radical (unpaired) electrons. The van der Waals surface area contributed by atoms with Crippen molar-refractivity contribution in [3.05, 3.63) is 102 Å². The summed E-state index contributed by atoms with van der Waals surface area (Å²) in [6.07, 6.45) is 11.9. The molecule has 35 heavy (non-hydrogen) atoms. The number of rotatable bonds is 11. The standard InChI is InChI=1S/C25H29FN6O.C2H6/c1-5-7-8-20(25(33)30-18(4)9-11-22(26)6-2)13-17(3)14-21-15-19(10-12-23(21)31-27)24-28-16-29-32-24;1-2/h6-13,15-16,31H,3-5,14,27H2,1-2H3,(H,30,33)(H,28,29,32);1-2H3/b8-7-,11-9-,20-13+,22-6+;. The molecular formula is C27H35FN6O. The molecule has 1 heterocycles. The first-order chi connectivity index (χ1) is 16.9. The Kier molecular flexibility index (Phi) is 13.0. The van der Waals surface area contributed by atoms with Crippen LogP contribution in [0.1, 0.15) is 39.7 Å². The second-order valence-electron chi connectivity index (χ2n) is 7.08. The molecule has 0 fully saturated rings. The maximum atomic E-state index is 13.3. The number of nitrogens with zero attached hydrogens (tertiary/aromatic N) is 2. The van der Waals surface area contributed by atoms with Crippen molar-refractivity contribution in [3.8, 4) is 11.4 Å². The lowest BCUT2D eigenvalue weighted by Gasteiger charge is -2.12. The summed E-state index contributed by atoms with van der Waals surface area (Å²) < 4.78 is 13.3. The van der Waals surface area contributed by atoms with Crippen molar-refractivity contribution < 1.29 is 9.18 Å². The molecule has 0 aliphatic carbocycles. The Morgan fingerprint density at radius 1 is 1.23 bits per heavy atom. The highest BCUT2D eigenvalue weighted by molar-refractivity contribution is 5.97. The zero-order chi connectivity index (χ0) is 26.2. The van der Waals surface area contributed by atoms with Gasteiger partial charge in [0, 0.05) is 16.8 Å². The summed E-state index contributed by atoms with van der Waals surface area (Å²) in [6, 6.07) is 5.64. The number of hydrazine groups is 1. The van der Waals surface area contributed by atoms with Crippen LogP contribution < -0.4 is 16.6 Å². The summed E-state index contributed by atoms with van der Waals surface area (Å²) in [4.78, 5) is 16.9. The lowest BCUT2D eigenvalue weighted by atomic mass is 9.99. The molecule has 0 bridgehead atoms. The molecule has 1 aromatic carbocycles. The van der Waals surface area contributed by atoms with Gasteiger partial charge in [0.15, 0.2) is 5.82 Å². The SMILES string of the molecule is C=C(/C=C(\C=C/CC)C(=O)NC(=C)/C=C\C(F)=C/C)Cc1cc(-c2ncn[nH]2)ccc1NN.CC. The number of nitrogen functional groups attached to an aromatic ring is 1. The number of anilines is 1. The third kappa shape index (κ3) is 9.77. The lowest BCUT2D eigenvalue weighted by molar-refractivity contribution is -0.116. The molecule has 0 aliphatic rings. The number of benzene rings is 1. The number of hydrogen-bond acceptors (Lipinski definition) is 5. The summed E-state index contributed by atoms with van der Waals surface area (Å²) in [5.41, 5.74) is 6.49. The quantitative estimate of drug-likeness (QED) is 0.141. The fourth-order valence-corrected chi connectivity index (χ4v) is 2.86. The van der Waals surface area contributed by atoms with Crippen LogP contribution in [0.5, 0.6) is 0 Å². The van der Waals surface area contributed by atoms with Gasteiger partial charge in [0.2, 0.25) is 0 Å². The summed E-state index contributed by atoms with van der Waals surface area (Å²) in [7, 11) is 0. The van der Waals surface area contributed by atoms with Crippen LogP contribution in [0.3, 0.4) is 0 Å². The van der Waals surface area contributed by atoms with Gasteiger partial charge in [-0.2, -0.15) is 5.10 Å². The van der Waals surface area contributed by atoms with Crippen LogP contribution in [0.15, 0.2) is 96.8 Å². The van der Waals surface area contributed by atoms with E-state index in [1.165, 1.54) is 24.6 Å². The first-order valence-corrected chi connectivity index (χ1v) is 11.4. The molecule has 1 aromatic heterocycles. The molecule has 0 unspecified atom stereocenters. The van der Waals surface area contributed by atoms with Gasteiger partial charge in [0.1, 0.15) is 12.2 Å². The zero-order valence-corrected chi connectivity index (χ0v) is 20.9. The van der Waals surface area contributed by atoms with Gasteiger partial charge < -0.3 is 10.7 Å². The summed E-state index contributed by atoms with van der Waals surface area (Å²) >= 11 is 0. The van der Waals surface area contributed by atoms with Gasteiger partial charge in [-0.05, 0) is 67.3 Å². The van der Waals surface area contributed by atoms with Crippen LogP contribution in [0.25, 0.3) is 11.4 Å². The first-order valence-electron chi connectivity index (χ1n) is 11.4. The fraction of sp³-hybridized carbons (Fsp3) is 0.222. The number of allylic oxidation sites excluding steroid dienone is 7. The van der Waals surface area contributed by atoms with Crippen LogP contribution in [0.4, 0.5) is 10.1 Å². The number of halogens is 1. The monoisotopic (exact) mass is 478 g/mol. The summed E-state index contributed by atoms with van der Waals surface area (Å²) in [5, 5.41) is 9.37. The molecule has 8 heteroatoms. The molecule has 1 amide bonds. The molecule has 0 spiro atoms. The maximum Gasteiger partial charge on any atom is 0.255 e. The van der Waals surface area contributed by atoms with E-state index in [9.17, 15) is 9.18 Å². The van der Waals surface area contributed by atoms with Gasteiger partial charge in [-0.3, -0.25) is 15.7 Å². The first kappa shape index (κ1) is 29.0. The molecule has 2 aromatic rings. The third-order valence-electron chi connectivity index (χ3n) is 4.52. The summed E-state index contributed by atoms with van der Waals surface area (Å²) in [6.45, 7) is 15.4. The predicted octanol–water partition coefficient (Wildman–Crippen LogP) is 5.83. The van der Waals surface area contributed by atoms with Crippen molar-refractivity contribution in [2.45, 2.75) is 40.5 Å². The Morgan fingerprint density at radius 2 is 1.97 bits per heavy atom. The van der Waals surface area contributed by atoms with Crippen LogP contribution in [-0.4, -0.2) is 21.1 Å². The number of carbonyl (C=O) groups excluding carboxylic acids is 1. The van der Waals surface area contributed by atoms with E-state index < -0.39 is 5.83 Å². The number of nitrogens with two attached hydrogens (primary N) is 1. The minimum atomic E-state index is -0.419. The van der Waals surface area contributed by atoms with Crippen LogP contribution in [0.2, 0.25) is 0 Å². The van der Waals surface area contributed by atoms with E-state index >= 15 is 0 Å². The average molecular weight is 479 g/mol. The van der Waals surface area contributed by atoms with E-state index in [1.807, 2.05) is 45.0 Å². The number of carbonyl (C=O) groups is 1. The number of hydrogen-bond donors (Lipinski definition) is 4. The van der Waals surface area contributed by atoms with E-state index in [0.717, 1.165) is 23.2 Å². The Balaban J connectivity index is 0.00000298. The Morgan fingerprint density at radius 3 is 2.57 bits per heavy atom. The molecule has 2 rings (SSSR count). The Bertz CT molecular complexity index is 1110. The molecule has 0 saturated heterocycles. The minimum Gasteiger partial charge on any atom is -0.324 e. The smallest absolute Gasteiger partial charge is 0.255 e. The number of nitrogens with one attached hydrogen (secondary N) is 3. The average Bonchev–Trinajstić information content (AvgIpc) is 3.41. The van der Waals surface area contributed by atoms with Gasteiger partial charge in [0.05, 0.1) is 5.69 Å². The van der Waals surface area contributed by atoms with Crippen LogP contribution in [-0.2, 0) is 11.2 Å². The molecule has 0 aliphatic heterocycles. The van der Waals surface area contributed by atoms with Crippen molar-refractivity contribution >= 4 is 11.6 Å². The number of amides is 1. The zero-order valence-electron chi connectivity index (χ0n) is 20.9. The predicted molar refractivity (Wildman–Crippen MR) is 143 cm³/mol. The van der Waals surface area contributed by atoms with E-state index in [1.54, 1.807) is 19.1 Å².